The van der Waals surface area contributed by atoms with Gasteiger partial charge in [0.2, 0.25) is 5.91 Å². The molecule has 23 heavy (non-hydrogen) atoms. The van der Waals surface area contributed by atoms with Gasteiger partial charge in [0.25, 0.3) is 0 Å². The van der Waals surface area contributed by atoms with E-state index in [0.29, 0.717) is 6.54 Å². The summed E-state index contributed by atoms with van der Waals surface area (Å²) in [5, 5.41) is 0.210. The molecule has 2 atom stereocenters. The molecule has 0 saturated carbocycles. The normalized spacial score (nSPS) is 19.0. The Bertz CT molecular complexity index is 513. The zero-order valence-corrected chi connectivity index (χ0v) is 15.0. The number of piperazine rings is 1. The molecule has 1 fully saturated rings. The maximum absolute atomic E-state index is 13.2. The zero-order valence-electron chi connectivity index (χ0n) is 14.1. The predicted octanol–water partition coefficient (Wildman–Crippen LogP) is 1.89. The quantitative estimate of drug-likeness (QED) is 0.830. The molecule has 1 amide bonds. The molecule has 0 bridgehead atoms. The van der Waals surface area contributed by atoms with Gasteiger partial charge in [-0.25, -0.2) is 4.39 Å². The third-order valence-corrected chi connectivity index (χ3v) is 4.60. The van der Waals surface area contributed by atoms with E-state index in [0.717, 1.165) is 31.7 Å². The van der Waals surface area contributed by atoms with Crippen molar-refractivity contribution >= 4 is 18.5 Å². The molecular weight excluding hydrogens is 313 g/mol. The fourth-order valence-electron chi connectivity index (χ4n) is 2.92. The minimum Gasteiger partial charge on any atom is -0.340 e. The van der Waals surface area contributed by atoms with Gasteiger partial charge >= 0.3 is 0 Å². The molecule has 1 aromatic carbocycles. The number of carbonyl (C=O) groups is 1. The van der Waals surface area contributed by atoms with E-state index in [4.69, 9.17) is 0 Å². The first kappa shape index (κ1) is 18.2. The van der Waals surface area contributed by atoms with Crippen LogP contribution < -0.4 is 0 Å². The van der Waals surface area contributed by atoms with Crippen LogP contribution in [-0.2, 0) is 4.79 Å². The molecular formula is C17H26FN3OS. The molecule has 0 N–H and O–H groups in total. The topological polar surface area (TPSA) is 26.8 Å². The van der Waals surface area contributed by atoms with E-state index in [9.17, 15) is 9.18 Å². The van der Waals surface area contributed by atoms with Gasteiger partial charge in [-0.1, -0.05) is 12.1 Å². The van der Waals surface area contributed by atoms with Gasteiger partial charge in [0.15, 0.2) is 0 Å². The second-order valence-electron chi connectivity index (χ2n) is 6.36. The maximum Gasteiger partial charge on any atom is 0.231 e. The van der Waals surface area contributed by atoms with Crippen molar-refractivity contribution in [1.82, 2.24) is 14.7 Å². The van der Waals surface area contributed by atoms with Gasteiger partial charge in [0, 0.05) is 32.7 Å². The highest BCUT2D eigenvalue weighted by molar-refractivity contribution is 7.80. The molecule has 0 aliphatic carbocycles. The number of hydrogen-bond donors (Lipinski definition) is 1. The SMILES string of the molecule is CC(S)N1CCN(C(=O)C(CN(C)C)c2ccc(F)cc2)CC1. The Morgan fingerprint density at radius 1 is 1.22 bits per heavy atom. The molecule has 0 spiro atoms. The van der Waals surface area contributed by atoms with Crippen LogP contribution >= 0.6 is 12.6 Å². The number of halogens is 1. The van der Waals surface area contributed by atoms with Crippen molar-refractivity contribution < 1.29 is 9.18 Å². The van der Waals surface area contributed by atoms with Gasteiger partial charge in [-0.05, 0) is 38.7 Å². The lowest BCUT2D eigenvalue weighted by atomic mass is 9.96. The Kier molecular flexibility index (Phi) is 6.44. The number of amides is 1. The summed E-state index contributed by atoms with van der Waals surface area (Å²) in [6, 6.07) is 6.28. The van der Waals surface area contributed by atoms with Crippen LogP contribution in [0.1, 0.15) is 18.4 Å². The summed E-state index contributed by atoms with van der Waals surface area (Å²) in [4.78, 5) is 19.1. The van der Waals surface area contributed by atoms with Crippen LogP contribution in [0, 0.1) is 5.82 Å². The Balaban J connectivity index is 2.10. The van der Waals surface area contributed by atoms with Gasteiger partial charge in [0.1, 0.15) is 5.82 Å². The number of rotatable bonds is 5. The summed E-state index contributed by atoms with van der Waals surface area (Å²) < 4.78 is 13.2. The standard InChI is InChI=1S/C17H26FN3OS/c1-13(23)20-8-10-21(11-9-20)17(22)16(12-19(2)3)14-4-6-15(18)7-5-14/h4-7,13,16,23H,8-12H2,1-3H3. The minimum absolute atomic E-state index is 0.122. The molecule has 0 radical (unpaired) electrons. The third kappa shape index (κ3) is 4.93. The first-order valence-electron chi connectivity index (χ1n) is 7.99. The highest BCUT2D eigenvalue weighted by atomic mass is 32.1. The van der Waals surface area contributed by atoms with E-state index < -0.39 is 0 Å². The molecule has 1 heterocycles. The lowest BCUT2D eigenvalue weighted by Crippen LogP contribution is -2.52. The van der Waals surface area contributed by atoms with E-state index in [1.54, 1.807) is 12.1 Å². The van der Waals surface area contributed by atoms with Crippen molar-refractivity contribution in [3.05, 3.63) is 35.6 Å². The van der Waals surface area contributed by atoms with Crippen molar-refractivity contribution in [1.29, 1.82) is 0 Å². The maximum atomic E-state index is 13.2. The molecule has 1 aromatic rings. The van der Waals surface area contributed by atoms with Crippen molar-refractivity contribution in [3.63, 3.8) is 0 Å². The van der Waals surface area contributed by atoms with Crippen LogP contribution in [0.25, 0.3) is 0 Å². The summed E-state index contributed by atoms with van der Waals surface area (Å²) in [6.07, 6.45) is 0. The second-order valence-corrected chi connectivity index (χ2v) is 7.11. The Morgan fingerprint density at radius 3 is 2.26 bits per heavy atom. The molecule has 1 aliphatic rings. The van der Waals surface area contributed by atoms with Crippen molar-refractivity contribution in [2.24, 2.45) is 0 Å². The van der Waals surface area contributed by atoms with Crippen LogP contribution in [-0.4, -0.2) is 72.8 Å². The lowest BCUT2D eigenvalue weighted by molar-refractivity contribution is -0.135. The zero-order chi connectivity index (χ0) is 17.0. The minimum atomic E-state index is -0.277. The molecule has 1 saturated heterocycles. The van der Waals surface area contributed by atoms with Crippen LogP contribution in [0.5, 0.6) is 0 Å². The van der Waals surface area contributed by atoms with E-state index in [1.165, 1.54) is 12.1 Å². The van der Waals surface area contributed by atoms with Crippen LogP contribution in [0.3, 0.4) is 0 Å². The summed E-state index contributed by atoms with van der Waals surface area (Å²) in [5.74, 6) is -0.413. The number of hydrogen-bond acceptors (Lipinski definition) is 4. The molecule has 128 valence electrons. The fraction of sp³-hybridized carbons (Fsp3) is 0.588. The number of thiol groups is 1. The van der Waals surface area contributed by atoms with Gasteiger partial charge in [0.05, 0.1) is 11.3 Å². The predicted molar refractivity (Wildman–Crippen MR) is 94.3 cm³/mol. The van der Waals surface area contributed by atoms with E-state index in [2.05, 4.69) is 17.5 Å². The summed E-state index contributed by atoms with van der Waals surface area (Å²) >= 11 is 4.46. The molecule has 2 rings (SSSR count). The lowest BCUT2D eigenvalue weighted by Gasteiger charge is -2.38. The number of benzene rings is 1. The van der Waals surface area contributed by atoms with E-state index in [1.807, 2.05) is 30.8 Å². The molecule has 4 nitrogen and oxygen atoms in total. The largest absolute Gasteiger partial charge is 0.340 e. The van der Waals surface area contributed by atoms with Crippen molar-refractivity contribution in [2.45, 2.75) is 18.2 Å². The smallest absolute Gasteiger partial charge is 0.231 e. The second kappa shape index (κ2) is 8.13. The third-order valence-electron chi connectivity index (χ3n) is 4.27. The fourth-order valence-corrected chi connectivity index (χ4v) is 3.15. The summed E-state index contributed by atoms with van der Waals surface area (Å²) in [5.41, 5.74) is 0.870. The molecule has 2 unspecified atom stereocenters. The Hall–Kier alpha value is -1.11. The van der Waals surface area contributed by atoms with Crippen LogP contribution in [0.15, 0.2) is 24.3 Å². The highest BCUT2D eigenvalue weighted by Gasteiger charge is 2.29. The van der Waals surface area contributed by atoms with Gasteiger partial charge < -0.3 is 9.80 Å². The first-order valence-corrected chi connectivity index (χ1v) is 8.51. The van der Waals surface area contributed by atoms with E-state index in [-0.39, 0.29) is 23.0 Å². The molecule has 1 aliphatic heterocycles. The van der Waals surface area contributed by atoms with Crippen LogP contribution in [0.2, 0.25) is 0 Å². The molecule has 0 aromatic heterocycles. The number of carbonyl (C=O) groups excluding carboxylic acids is 1. The van der Waals surface area contributed by atoms with E-state index >= 15 is 0 Å². The van der Waals surface area contributed by atoms with Gasteiger partial charge in [-0.2, -0.15) is 12.6 Å². The average Bonchev–Trinajstić information content (AvgIpc) is 2.53. The monoisotopic (exact) mass is 339 g/mol. The Morgan fingerprint density at radius 2 is 1.78 bits per heavy atom. The number of nitrogens with zero attached hydrogens (tertiary/aromatic N) is 3. The first-order chi connectivity index (χ1) is 10.9. The molecule has 6 heteroatoms. The summed E-state index contributed by atoms with van der Waals surface area (Å²) in [7, 11) is 3.90. The average molecular weight is 339 g/mol. The van der Waals surface area contributed by atoms with Gasteiger partial charge in [-0.15, -0.1) is 0 Å². The van der Waals surface area contributed by atoms with Crippen molar-refractivity contribution in [2.75, 3.05) is 46.8 Å². The Labute approximate surface area is 143 Å². The van der Waals surface area contributed by atoms with Crippen molar-refractivity contribution in [3.8, 4) is 0 Å². The van der Waals surface area contributed by atoms with Gasteiger partial charge in [-0.3, -0.25) is 9.69 Å². The summed E-state index contributed by atoms with van der Waals surface area (Å²) in [6.45, 7) is 5.79. The van der Waals surface area contributed by atoms with Crippen LogP contribution in [0.4, 0.5) is 4.39 Å². The highest BCUT2D eigenvalue weighted by Crippen LogP contribution is 2.21. The number of likely N-dealkylation sites (N-methyl/N-ethyl adjacent to an activating group) is 1.